The maximum absolute atomic E-state index is 11.7. The maximum atomic E-state index is 11.7. The van der Waals surface area contributed by atoms with Gasteiger partial charge in [0.25, 0.3) is 0 Å². The second-order valence-corrected chi connectivity index (χ2v) is 5.30. The maximum Gasteiger partial charge on any atom is 0.337 e. The monoisotopic (exact) mass is 291 g/mol. The molecule has 1 saturated carbocycles. The van der Waals surface area contributed by atoms with Crippen LogP contribution in [0.2, 0.25) is 0 Å². The van der Waals surface area contributed by atoms with Crippen molar-refractivity contribution in [1.29, 1.82) is 0 Å². The number of amides is 1. The zero-order chi connectivity index (χ0) is 15.4. The van der Waals surface area contributed by atoms with Crippen LogP contribution in [0.4, 0.5) is 11.4 Å². The number of hydrogen-bond acceptors (Lipinski definition) is 5. The number of nitrogens with zero attached hydrogens (tertiary/aromatic N) is 1. The average Bonchev–Trinajstić information content (AvgIpc) is 2.98. The summed E-state index contributed by atoms with van der Waals surface area (Å²) in [6.45, 7) is 0.0967. The van der Waals surface area contributed by atoms with Crippen LogP contribution in [0.15, 0.2) is 18.2 Å². The molecule has 0 unspecified atom stereocenters. The predicted octanol–water partition coefficient (Wildman–Crippen LogP) is 1.29. The van der Waals surface area contributed by atoms with Crippen LogP contribution in [0.5, 0.6) is 0 Å². The van der Waals surface area contributed by atoms with Crippen molar-refractivity contribution in [2.45, 2.75) is 31.7 Å². The SMILES string of the molecule is COC(=O)c1ccc(N)c(N(CC(N)=O)C2CCCC2)c1. The van der Waals surface area contributed by atoms with Gasteiger partial charge in [-0.05, 0) is 31.0 Å². The van der Waals surface area contributed by atoms with Gasteiger partial charge in [-0.2, -0.15) is 0 Å². The van der Waals surface area contributed by atoms with Crippen molar-refractivity contribution in [3.05, 3.63) is 23.8 Å². The molecule has 1 amide bonds. The fraction of sp³-hybridized carbons (Fsp3) is 0.467. The van der Waals surface area contributed by atoms with Crippen LogP contribution >= 0.6 is 0 Å². The lowest BCUT2D eigenvalue weighted by atomic mass is 10.1. The quantitative estimate of drug-likeness (QED) is 0.629. The van der Waals surface area contributed by atoms with E-state index in [1.165, 1.54) is 7.11 Å². The van der Waals surface area contributed by atoms with Crippen LogP contribution in [0.1, 0.15) is 36.0 Å². The molecule has 0 aliphatic heterocycles. The molecular formula is C15H21N3O3. The molecule has 21 heavy (non-hydrogen) atoms. The molecule has 1 fully saturated rings. The summed E-state index contributed by atoms with van der Waals surface area (Å²) in [6, 6.07) is 5.17. The second-order valence-electron chi connectivity index (χ2n) is 5.30. The minimum atomic E-state index is -0.429. The van der Waals surface area contributed by atoms with E-state index in [2.05, 4.69) is 0 Å². The fourth-order valence-corrected chi connectivity index (χ4v) is 2.83. The summed E-state index contributed by atoms with van der Waals surface area (Å²) in [5.41, 5.74) is 13.0. The number of esters is 1. The normalized spacial score (nSPS) is 14.9. The Kier molecular flexibility index (Phi) is 4.67. The van der Waals surface area contributed by atoms with E-state index in [0.29, 0.717) is 16.9 Å². The zero-order valence-corrected chi connectivity index (χ0v) is 12.2. The van der Waals surface area contributed by atoms with E-state index in [1.807, 2.05) is 4.90 Å². The van der Waals surface area contributed by atoms with Crippen molar-refractivity contribution in [2.24, 2.45) is 5.73 Å². The largest absolute Gasteiger partial charge is 0.465 e. The number of carbonyl (C=O) groups is 2. The van der Waals surface area contributed by atoms with Crippen molar-refractivity contribution in [2.75, 3.05) is 24.3 Å². The van der Waals surface area contributed by atoms with Gasteiger partial charge in [-0.15, -0.1) is 0 Å². The Labute approximate surface area is 124 Å². The van der Waals surface area contributed by atoms with Crippen LogP contribution in [-0.2, 0) is 9.53 Å². The summed E-state index contributed by atoms with van der Waals surface area (Å²) in [4.78, 5) is 25.0. The van der Waals surface area contributed by atoms with Gasteiger partial charge in [-0.3, -0.25) is 4.79 Å². The van der Waals surface area contributed by atoms with Crippen LogP contribution < -0.4 is 16.4 Å². The van der Waals surface area contributed by atoms with Gasteiger partial charge in [0.15, 0.2) is 0 Å². The van der Waals surface area contributed by atoms with Gasteiger partial charge in [0, 0.05) is 6.04 Å². The molecule has 0 spiro atoms. The molecule has 0 atom stereocenters. The Morgan fingerprint density at radius 3 is 2.57 bits per heavy atom. The highest BCUT2D eigenvalue weighted by Gasteiger charge is 2.26. The highest BCUT2D eigenvalue weighted by Crippen LogP contribution is 2.32. The Morgan fingerprint density at radius 2 is 2.00 bits per heavy atom. The minimum Gasteiger partial charge on any atom is -0.465 e. The lowest BCUT2D eigenvalue weighted by Gasteiger charge is -2.31. The average molecular weight is 291 g/mol. The third kappa shape index (κ3) is 3.45. The van der Waals surface area contributed by atoms with Crippen LogP contribution in [0, 0.1) is 0 Å². The Morgan fingerprint density at radius 1 is 1.33 bits per heavy atom. The van der Waals surface area contributed by atoms with Crippen LogP contribution in [-0.4, -0.2) is 31.6 Å². The summed E-state index contributed by atoms with van der Waals surface area (Å²) in [6.07, 6.45) is 4.23. The molecule has 4 N–H and O–H groups in total. The highest BCUT2D eigenvalue weighted by molar-refractivity contribution is 5.92. The van der Waals surface area contributed by atoms with Crippen LogP contribution in [0.3, 0.4) is 0 Å². The van der Waals surface area contributed by atoms with Crippen molar-refractivity contribution in [1.82, 2.24) is 0 Å². The van der Waals surface area contributed by atoms with Gasteiger partial charge >= 0.3 is 5.97 Å². The smallest absolute Gasteiger partial charge is 0.337 e. The first kappa shape index (κ1) is 15.2. The number of ether oxygens (including phenoxy) is 1. The molecule has 1 aliphatic rings. The topological polar surface area (TPSA) is 98.7 Å². The molecule has 0 bridgehead atoms. The van der Waals surface area contributed by atoms with E-state index in [9.17, 15) is 9.59 Å². The summed E-state index contributed by atoms with van der Waals surface area (Å²) in [5, 5.41) is 0. The van der Waals surface area contributed by atoms with Gasteiger partial charge in [0.2, 0.25) is 5.91 Å². The van der Waals surface area contributed by atoms with Crippen molar-refractivity contribution in [3.63, 3.8) is 0 Å². The molecule has 2 rings (SSSR count). The van der Waals surface area contributed by atoms with Crippen LogP contribution in [0.25, 0.3) is 0 Å². The molecule has 0 aromatic heterocycles. The van der Waals surface area contributed by atoms with E-state index >= 15 is 0 Å². The van der Waals surface area contributed by atoms with E-state index in [0.717, 1.165) is 25.7 Å². The first-order chi connectivity index (χ1) is 10.0. The molecular weight excluding hydrogens is 270 g/mol. The van der Waals surface area contributed by atoms with Crippen molar-refractivity contribution >= 4 is 23.3 Å². The number of methoxy groups -OCH3 is 1. The Bertz CT molecular complexity index is 539. The molecule has 6 heteroatoms. The number of benzene rings is 1. The number of nitrogens with two attached hydrogens (primary N) is 2. The number of carbonyl (C=O) groups excluding carboxylic acids is 2. The molecule has 0 heterocycles. The highest BCUT2D eigenvalue weighted by atomic mass is 16.5. The predicted molar refractivity (Wildman–Crippen MR) is 81.0 cm³/mol. The molecule has 1 aliphatic carbocycles. The molecule has 1 aromatic rings. The first-order valence-corrected chi connectivity index (χ1v) is 7.05. The van der Waals surface area contributed by atoms with Gasteiger partial charge in [0.1, 0.15) is 0 Å². The minimum absolute atomic E-state index is 0.0967. The number of anilines is 2. The summed E-state index contributed by atoms with van der Waals surface area (Å²) < 4.78 is 4.73. The number of primary amides is 1. The van der Waals surface area contributed by atoms with Gasteiger partial charge in [-0.1, -0.05) is 12.8 Å². The second kappa shape index (κ2) is 6.47. The Balaban J connectivity index is 2.37. The molecule has 0 saturated heterocycles. The lowest BCUT2D eigenvalue weighted by Crippen LogP contribution is -2.40. The standard InChI is InChI=1S/C15H21N3O3/c1-21-15(20)10-6-7-12(16)13(8-10)18(9-14(17)19)11-4-2-3-5-11/h6-8,11H,2-5,9,16H2,1H3,(H2,17,19). The van der Waals surface area contributed by atoms with Crippen molar-refractivity contribution < 1.29 is 14.3 Å². The lowest BCUT2D eigenvalue weighted by molar-refractivity contribution is -0.116. The first-order valence-electron chi connectivity index (χ1n) is 7.05. The molecule has 6 nitrogen and oxygen atoms in total. The Hall–Kier alpha value is -2.24. The number of nitrogen functional groups attached to an aromatic ring is 1. The van der Waals surface area contributed by atoms with Gasteiger partial charge < -0.3 is 21.1 Å². The number of rotatable bonds is 5. The summed E-state index contributed by atoms with van der Waals surface area (Å²) in [7, 11) is 1.33. The van der Waals surface area contributed by atoms with Gasteiger partial charge in [0.05, 0.1) is 30.6 Å². The molecule has 0 radical (unpaired) electrons. The zero-order valence-electron chi connectivity index (χ0n) is 12.2. The summed E-state index contributed by atoms with van der Waals surface area (Å²) in [5.74, 6) is -0.841. The van der Waals surface area contributed by atoms with E-state index in [1.54, 1.807) is 18.2 Å². The fourth-order valence-electron chi connectivity index (χ4n) is 2.83. The third-order valence-electron chi connectivity index (χ3n) is 3.85. The molecule has 1 aromatic carbocycles. The van der Waals surface area contributed by atoms with Gasteiger partial charge in [-0.25, -0.2) is 4.79 Å². The van der Waals surface area contributed by atoms with E-state index in [4.69, 9.17) is 16.2 Å². The number of hydrogen-bond donors (Lipinski definition) is 2. The van der Waals surface area contributed by atoms with Crippen molar-refractivity contribution in [3.8, 4) is 0 Å². The molecule has 114 valence electrons. The van der Waals surface area contributed by atoms with E-state index < -0.39 is 11.9 Å². The third-order valence-corrected chi connectivity index (χ3v) is 3.85. The van der Waals surface area contributed by atoms with E-state index in [-0.39, 0.29) is 12.6 Å². The summed E-state index contributed by atoms with van der Waals surface area (Å²) >= 11 is 0.